The van der Waals surface area contributed by atoms with Crippen molar-refractivity contribution in [3.63, 3.8) is 0 Å². The number of para-hydroxylation sites is 1. The second kappa shape index (κ2) is 5.41. The fourth-order valence-electron chi connectivity index (χ4n) is 3.31. The van der Waals surface area contributed by atoms with E-state index < -0.39 is 12.0 Å². The number of hydrogen-bond acceptors (Lipinski definition) is 2. The van der Waals surface area contributed by atoms with Gasteiger partial charge in [0, 0.05) is 28.0 Å². The van der Waals surface area contributed by atoms with Crippen LogP contribution in [0.4, 0.5) is 0 Å². The van der Waals surface area contributed by atoms with Crippen molar-refractivity contribution >= 4 is 28.5 Å². The molecule has 4 nitrogen and oxygen atoms in total. The Balaban J connectivity index is 1.89. The van der Waals surface area contributed by atoms with Gasteiger partial charge in [0.15, 0.2) is 0 Å². The molecule has 0 saturated carbocycles. The number of hydrogen-bond donors (Lipinski definition) is 3. The molecule has 4 rings (SSSR count). The van der Waals surface area contributed by atoms with Gasteiger partial charge in [0.25, 0.3) is 0 Å². The van der Waals surface area contributed by atoms with Gasteiger partial charge in [-0.25, -0.2) is 0 Å². The van der Waals surface area contributed by atoms with Gasteiger partial charge >= 0.3 is 5.97 Å². The number of carbonyl (C=O) groups is 1. The fourth-order valence-corrected chi connectivity index (χ4v) is 3.44. The Morgan fingerprint density at radius 3 is 2.61 bits per heavy atom. The summed E-state index contributed by atoms with van der Waals surface area (Å²) in [5.41, 5.74) is 4.13. The van der Waals surface area contributed by atoms with Gasteiger partial charge in [0.2, 0.25) is 0 Å². The number of aromatic amines is 1. The van der Waals surface area contributed by atoms with Gasteiger partial charge in [0.05, 0.1) is 6.04 Å². The molecule has 1 aromatic heterocycles. The number of carboxylic acid groups (broad SMARTS) is 1. The van der Waals surface area contributed by atoms with Crippen molar-refractivity contribution in [3.8, 4) is 0 Å². The lowest BCUT2D eigenvalue weighted by atomic mass is 9.90. The first kappa shape index (κ1) is 14.3. The molecule has 0 aliphatic carbocycles. The third-order valence-electron chi connectivity index (χ3n) is 4.41. The fraction of sp³-hybridized carbons (Fsp3) is 0.167. The standard InChI is InChI=1S/C18H15ClN2O2/c19-11-7-5-10(6-8-11)16-17-13(9-15(21-16)18(22)23)12-3-1-2-4-14(12)20-17/h1-8,15-16,20-21H,9H2,(H,22,23). The van der Waals surface area contributed by atoms with E-state index in [9.17, 15) is 9.90 Å². The molecule has 0 spiro atoms. The summed E-state index contributed by atoms with van der Waals surface area (Å²) in [6, 6.07) is 14.7. The van der Waals surface area contributed by atoms with Gasteiger partial charge in [0.1, 0.15) is 6.04 Å². The van der Waals surface area contributed by atoms with Crippen LogP contribution in [-0.4, -0.2) is 22.1 Å². The molecule has 5 heteroatoms. The molecule has 0 amide bonds. The number of aromatic nitrogens is 1. The highest BCUT2D eigenvalue weighted by atomic mass is 35.5. The molecule has 23 heavy (non-hydrogen) atoms. The largest absolute Gasteiger partial charge is 0.480 e. The van der Waals surface area contributed by atoms with E-state index >= 15 is 0 Å². The van der Waals surface area contributed by atoms with Crippen molar-refractivity contribution in [2.75, 3.05) is 0 Å². The number of carboxylic acids is 1. The first-order valence-corrected chi connectivity index (χ1v) is 7.85. The van der Waals surface area contributed by atoms with Crippen LogP contribution >= 0.6 is 11.6 Å². The van der Waals surface area contributed by atoms with Crippen LogP contribution in [-0.2, 0) is 11.2 Å². The predicted molar refractivity (Wildman–Crippen MR) is 89.9 cm³/mol. The van der Waals surface area contributed by atoms with Gasteiger partial charge in [-0.2, -0.15) is 0 Å². The highest BCUT2D eigenvalue weighted by Gasteiger charge is 2.33. The maximum Gasteiger partial charge on any atom is 0.321 e. The molecule has 0 radical (unpaired) electrons. The van der Waals surface area contributed by atoms with Crippen LogP contribution < -0.4 is 5.32 Å². The average molecular weight is 327 g/mol. The zero-order valence-electron chi connectivity index (χ0n) is 12.2. The maximum atomic E-state index is 11.6. The molecule has 0 saturated heterocycles. The smallest absolute Gasteiger partial charge is 0.321 e. The normalized spacial score (nSPS) is 20.4. The first-order valence-electron chi connectivity index (χ1n) is 7.47. The topological polar surface area (TPSA) is 65.1 Å². The summed E-state index contributed by atoms with van der Waals surface area (Å²) in [5.74, 6) is -0.833. The van der Waals surface area contributed by atoms with E-state index in [1.165, 1.54) is 0 Å². The number of aliphatic carboxylic acids is 1. The van der Waals surface area contributed by atoms with Gasteiger partial charge in [-0.1, -0.05) is 41.9 Å². The Bertz CT molecular complexity index is 886. The van der Waals surface area contributed by atoms with E-state index in [2.05, 4.69) is 10.3 Å². The van der Waals surface area contributed by atoms with Crippen molar-refractivity contribution < 1.29 is 9.90 Å². The summed E-state index contributed by atoms with van der Waals surface area (Å²) in [6.07, 6.45) is 0.471. The summed E-state index contributed by atoms with van der Waals surface area (Å²) in [7, 11) is 0. The number of fused-ring (bicyclic) bond motifs is 3. The van der Waals surface area contributed by atoms with Crippen LogP contribution in [0.5, 0.6) is 0 Å². The molecule has 2 heterocycles. The van der Waals surface area contributed by atoms with Gasteiger partial charge in [-0.05, 0) is 29.3 Å². The Kier molecular flexibility index (Phi) is 3.36. The van der Waals surface area contributed by atoms with E-state index in [1.54, 1.807) is 0 Å². The Labute approximate surface area is 138 Å². The Morgan fingerprint density at radius 1 is 1.13 bits per heavy atom. The summed E-state index contributed by atoms with van der Waals surface area (Å²) in [4.78, 5) is 15.0. The minimum atomic E-state index is -0.833. The highest BCUT2D eigenvalue weighted by molar-refractivity contribution is 6.30. The van der Waals surface area contributed by atoms with E-state index in [1.807, 2.05) is 48.5 Å². The van der Waals surface area contributed by atoms with Crippen LogP contribution in [0.2, 0.25) is 5.02 Å². The summed E-state index contributed by atoms with van der Waals surface area (Å²) in [6.45, 7) is 0. The maximum absolute atomic E-state index is 11.6. The third-order valence-corrected chi connectivity index (χ3v) is 4.66. The zero-order valence-corrected chi connectivity index (χ0v) is 13.0. The van der Waals surface area contributed by atoms with Crippen LogP contribution in [0.15, 0.2) is 48.5 Å². The highest BCUT2D eigenvalue weighted by Crippen LogP contribution is 2.35. The molecule has 0 fully saturated rings. The third kappa shape index (κ3) is 2.40. The molecule has 1 aliphatic heterocycles. The van der Waals surface area contributed by atoms with Crippen molar-refractivity contribution in [2.24, 2.45) is 0 Å². The van der Waals surface area contributed by atoms with Crippen LogP contribution in [0.25, 0.3) is 10.9 Å². The molecule has 3 aromatic rings. The van der Waals surface area contributed by atoms with Crippen LogP contribution in [0.1, 0.15) is 22.9 Å². The van der Waals surface area contributed by atoms with Crippen molar-refractivity contribution in [2.45, 2.75) is 18.5 Å². The van der Waals surface area contributed by atoms with Gasteiger partial charge in [-0.3, -0.25) is 10.1 Å². The first-order chi connectivity index (χ1) is 11.1. The van der Waals surface area contributed by atoms with Crippen LogP contribution in [0, 0.1) is 0 Å². The Hall–Kier alpha value is -2.30. The predicted octanol–water partition coefficient (Wildman–Crippen LogP) is 3.51. The molecule has 2 unspecified atom stereocenters. The monoisotopic (exact) mass is 326 g/mol. The molecular formula is C18H15ClN2O2. The summed E-state index contributed by atoms with van der Waals surface area (Å²) >= 11 is 5.97. The molecule has 3 N–H and O–H groups in total. The number of rotatable bonds is 2. The lowest BCUT2D eigenvalue weighted by Crippen LogP contribution is -2.44. The second-order valence-corrected chi connectivity index (χ2v) is 6.25. The molecular weight excluding hydrogens is 312 g/mol. The summed E-state index contributed by atoms with van der Waals surface area (Å²) in [5, 5.41) is 14.5. The van der Waals surface area contributed by atoms with Crippen molar-refractivity contribution in [1.82, 2.24) is 10.3 Å². The molecule has 2 atom stereocenters. The van der Waals surface area contributed by atoms with Crippen molar-refractivity contribution in [1.29, 1.82) is 0 Å². The lowest BCUT2D eigenvalue weighted by Gasteiger charge is -2.29. The SMILES string of the molecule is O=C(O)C1Cc2c([nH]c3ccccc23)C(c2ccc(Cl)cc2)N1. The van der Waals surface area contributed by atoms with Gasteiger partial charge in [-0.15, -0.1) is 0 Å². The average Bonchev–Trinajstić information content (AvgIpc) is 2.93. The van der Waals surface area contributed by atoms with Crippen LogP contribution in [0.3, 0.4) is 0 Å². The quantitative estimate of drug-likeness (QED) is 0.675. The zero-order chi connectivity index (χ0) is 16.0. The molecule has 2 aromatic carbocycles. The number of benzene rings is 2. The van der Waals surface area contributed by atoms with E-state index in [-0.39, 0.29) is 6.04 Å². The number of halogens is 1. The minimum absolute atomic E-state index is 0.190. The number of H-pyrrole nitrogens is 1. The number of nitrogens with one attached hydrogen (secondary N) is 2. The van der Waals surface area contributed by atoms with E-state index in [0.29, 0.717) is 11.4 Å². The molecule has 1 aliphatic rings. The van der Waals surface area contributed by atoms with E-state index in [0.717, 1.165) is 27.7 Å². The minimum Gasteiger partial charge on any atom is -0.480 e. The Morgan fingerprint density at radius 2 is 1.87 bits per heavy atom. The molecule has 0 bridgehead atoms. The second-order valence-electron chi connectivity index (χ2n) is 5.81. The lowest BCUT2D eigenvalue weighted by molar-refractivity contribution is -0.139. The van der Waals surface area contributed by atoms with Gasteiger partial charge < -0.3 is 10.1 Å². The summed E-state index contributed by atoms with van der Waals surface area (Å²) < 4.78 is 0. The molecule has 116 valence electrons. The van der Waals surface area contributed by atoms with Crippen molar-refractivity contribution in [3.05, 3.63) is 70.4 Å². The van der Waals surface area contributed by atoms with E-state index in [4.69, 9.17) is 11.6 Å².